The molecule has 1 unspecified atom stereocenters. The SMILES string of the molecule is CCCCC(CC)CNC(=O)C1CCN(C(=O)c2ccc(Br)cc2)CC1. The monoisotopic (exact) mass is 422 g/mol. The Morgan fingerprint density at radius 3 is 2.42 bits per heavy atom. The molecule has 1 atom stereocenters. The van der Waals surface area contributed by atoms with Crippen LogP contribution in [0.25, 0.3) is 0 Å². The molecule has 1 saturated heterocycles. The van der Waals surface area contributed by atoms with Crippen LogP contribution in [-0.4, -0.2) is 36.3 Å². The van der Waals surface area contributed by atoms with Crippen molar-refractivity contribution in [3.05, 3.63) is 34.3 Å². The predicted molar refractivity (Wildman–Crippen MR) is 109 cm³/mol. The number of rotatable bonds is 8. The Morgan fingerprint density at radius 1 is 1.19 bits per heavy atom. The molecule has 26 heavy (non-hydrogen) atoms. The minimum atomic E-state index is 0.0349. The van der Waals surface area contributed by atoms with E-state index in [0.717, 1.165) is 30.3 Å². The van der Waals surface area contributed by atoms with Crippen molar-refractivity contribution in [1.29, 1.82) is 0 Å². The summed E-state index contributed by atoms with van der Waals surface area (Å²) in [5, 5.41) is 3.15. The first-order valence-electron chi connectivity index (χ1n) is 9.87. The van der Waals surface area contributed by atoms with Gasteiger partial charge in [0.15, 0.2) is 0 Å². The molecule has 144 valence electrons. The normalized spacial score (nSPS) is 16.3. The van der Waals surface area contributed by atoms with Gasteiger partial charge in [-0.3, -0.25) is 9.59 Å². The summed E-state index contributed by atoms with van der Waals surface area (Å²) >= 11 is 3.39. The van der Waals surface area contributed by atoms with E-state index >= 15 is 0 Å². The molecule has 0 bridgehead atoms. The Balaban J connectivity index is 1.77. The minimum absolute atomic E-state index is 0.0349. The number of halogens is 1. The fourth-order valence-corrected chi connectivity index (χ4v) is 3.72. The summed E-state index contributed by atoms with van der Waals surface area (Å²) in [6.07, 6.45) is 6.23. The number of hydrogen-bond donors (Lipinski definition) is 1. The zero-order valence-corrected chi connectivity index (χ0v) is 17.6. The number of unbranched alkanes of at least 4 members (excludes halogenated alkanes) is 1. The van der Waals surface area contributed by atoms with E-state index in [9.17, 15) is 9.59 Å². The molecule has 1 heterocycles. The van der Waals surface area contributed by atoms with Crippen molar-refractivity contribution >= 4 is 27.7 Å². The van der Waals surface area contributed by atoms with Gasteiger partial charge >= 0.3 is 0 Å². The van der Waals surface area contributed by atoms with E-state index in [4.69, 9.17) is 0 Å². The van der Waals surface area contributed by atoms with Gasteiger partial charge in [-0.1, -0.05) is 49.0 Å². The molecule has 1 aromatic carbocycles. The third-order valence-electron chi connectivity index (χ3n) is 5.35. The molecule has 1 aromatic rings. The molecule has 0 radical (unpaired) electrons. The van der Waals surface area contributed by atoms with E-state index in [2.05, 4.69) is 35.1 Å². The maximum Gasteiger partial charge on any atom is 0.253 e. The lowest BCUT2D eigenvalue weighted by atomic mass is 9.94. The Labute approximate surface area is 165 Å². The van der Waals surface area contributed by atoms with Crippen LogP contribution in [0.2, 0.25) is 0 Å². The molecule has 4 nitrogen and oxygen atoms in total. The fourth-order valence-electron chi connectivity index (χ4n) is 3.45. The lowest BCUT2D eigenvalue weighted by Gasteiger charge is -2.31. The highest BCUT2D eigenvalue weighted by Gasteiger charge is 2.27. The lowest BCUT2D eigenvalue weighted by molar-refractivity contribution is -0.126. The van der Waals surface area contributed by atoms with Gasteiger partial charge in [0, 0.05) is 35.6 Å². The topological polar surface area (TPSA) is 49.4 Å². The van der Waals surface area contributed by atoms with Crippen molar-refractivity contribution in [2.45, 2.75) is 52.4 Å². The van der Waals surface area contributed by atoms with Crippen molar-refractivity contribution in [2.75, 3.05) is 19.6 Å². The van der Waals surface area contributed by atoms with Crippen molar-refractivity contribution in [3.63, 3.8) is 0 Å². The Hall–Kier alpha value is -1.36. The van der Waals surface area contributed by atoms with Gasteiger partial charge < -0.3 is 10.2 Å². The summed E-state index contributed by atoms with van der Waals surface area (Å²) in [5.74, 6) is 0.836. The van der Waals surface area contributed by atoms with Crippen LogP contribution < -0.4 is 5.32 Å². The summed E-state index contributed by atoms with van der Waals surface area (Å²) < 4.78 is 0.966. The van der Waals surface area contributed by atoms with E-state index in [1.165, 1.54) is 19.3 Å². The number of benzene rings is 1. The fraction of sp³-hybridized carbons (Fsp3) is 0.619. The zero-order chi connectivity index (χ0) is 18.9. The molecule has 0 aliphatic carbocycles. The molecule has 1 N–H and O–H groups in total. The molecule has 1 aliphatic heterocycles. The second-order valence-electron chi connectivity index (χ2n) is 7.24. The number of nitrogens with one attached hydrogen (secondary N) is 1. The predicted octanol–water partition coefficient (Wildman–Crippen LogP) is 4.63. The second kappa shape index (κ2) is 10.7. The molecule has 1 fully saturated rings. The molecule has 0 saturated carbocycles. The highest BCUT2D eigenvalue weighted by atomic mass is 79.9. The number of carbonyl (C=O) groups excluding carboxylic acids is 2. The number of piperidine rings is 1. The molecule has 0 spiro atoms. The van der Waals surface area contributed by atoms with E-state index in [1.54, 1.807) is 0 Å². The smallest absolute Gasteiger partial charge is 0.253 e. The minimum Gasteiger partial charge on any atom is -0.356 e. The number of carbonyl (C=O) groups is 2. The van der Waals surface area contributed by atoms with Gasteiger partial charge in [-0.25, -0.2) is 0 Å². The Kier molecular flexibility index (Phi) is 8.63. The number of amides is 2. The number of nitrogens with zero attached hydrogens (tertiary/aromatic N) is 1. The molecule has 0 aromatic heterocycles. The first-order chi connectivity index (χ1) is 12.5. The standard InChI is InChI=1S/C21H31BrN2O2/c1-3-5-6-16(4-2)15-23-20(25)17-11-13-24(14-12-17)21(26)18-7-9-19(22)10-8-18/h7-10,16-17H,3-6,11-15H2,1-2H3,(H,23,25). The highest BCUT2D eigenvalue weighted by molar-refractivity contribution is 9.10. The van der Waals surface area contributed by atoms with Gasteiger partial charge in [-0.05, 0) is 49.4 Å². The highest BCUT2D eigenvalue weighted by Crippen LogP contribution is 2.21. The molecule has 2 rings (SSSR count). The van der Waals surface area contributed by atoms with Crippen LogP contribution in [0.5, 0.6) is 0 Å². The van der Waals surface area contributed by atoms with Crippen molar-refractivity contribution < 1.29 is 9.59 Å². The largest absolute Gasteiger partial charge is 0.356 e. The quantitative estimate of drug-likeness (QED) is 0.663. The van der Waals surface area contributed by atoms with E-state index in [1.807, 2.05) is 29.2 Å². The van der Waals surface area contributed by atoms with Crippen LogP contribution in [-0.2, 0) is 4.79 Å². The van der Waals surface area contributed by atoms with E-state index in [-0.39, 0.29) is 17.7 Å². The van der Waals surface area contributed by atoms with Crippen molar-refractivity contribution in [3.8, 4) is 0 Å². The second-order valence-corrected chi connectivity index (χ2v) is 8.15. The molecular weight excluding hydrogens is 392 g/mol. The van der Waals surface area contributed by atoms with Gasteiger partial charge in [0.2, 0.25) is 5.91 Å². The maximum absolute atomic E-state index is 12.6. The van der Waals surface area contributed by atoms with E-state index < -0.39 is 0 Å². The van der Waals surface area contributed by atoms with Crippen molar-refractivity contribution in [1.82, 2.24) is 10.2 Å². The maximum atomic E-state index is 12.6. The third-order valence-corrected chi connectivity index (χ3v) is 5.88. The number of likely N-dealkylation sites (tertiary alicyclic amines) is 1. The summed E-state index contributed by atoms with van der Waals surface area (Å²) in [6, 6.07) is 7.45. The average Bonchev–Trinajstić information content (AvgIpc) is 2.68. The summed E-state index contributed by atoms with van der Waals surface area (Å²) in [5.41, 5.74) is 0.706. The lowest BCUT2D eigenvalue weighted by Crippen LogP contribution is -2.43. The van der Waals surface area contributed by atoms with Crippen molar-refractivity contribution in [2.24, 2.45) is 11.8 Å². The van der Waals surface area contributed by atoms with Gasteiger partial charge in [0.25, 0.3) is 5.91 Å². The first kappa shape index (κ1) is 20.9. The molecule has 1 aliphatic rings. The Bertz CT molecular complexity index is 580. The van der Waals surface area contributed by atoms with Crippen LogP contribution in [0.15, 0.2) is 28.7 Å². The molecule has 5 heteroatoms. The molecule has 2 amide bonds. The molecular formula is C21H31BrN2O2. The van der Waals surface area contributed by atoms with Crippen LogP contribution in [0, 0.1) is 11.8 Å². The van der Waals surface area contributed by atoms with Gasteiger partial charge in [-0.15, -0.1) is 0 Å². The number of hydrogen-bond acceptors (Lipinski definition) is 2. The summed E-state index contributed by atoms with van der Waals surface area (Å²) in [6.45, 7) is 6.49. The third kappa shape index (κ3) is 6.11. The zero-order valence-electron chi connectivity index (χ0n) is 16.0. The van der Waals surface area contributed by atoms with Crippen LogP contribution >= 0.6 is 15.9 Å². The van der Waals surface area contributed by atoms with Gasteiger partial charge in [0.05, 0.1) is 0 Å². The van der Waals surface area contributed by atoms with Gasteiger partial charge in [-0.2, -0.15) is 0 Å². The van der Waals surface area contributed by atoms with Gasteiger partial charge in [0.1, 0.15) is 0 Å². The van der Waals surface area contributed by atoms with Crippen LogP contribution in [0.3, 0.4) is 0 Å². The van der Waals surface area contributed by atoms with E-state index in [0.29, 0.717) is 24.6 Å². The average molecular weight is 423 g/mol. The first-order valence-corrected chi connectivity index (χ1v) is 10.7. The Morgan fingerprint density at radius 2 is 1.85 bits per heavy atom. The van der Waals surface area contributed by atoms with Crippen LogP contribution in [0.4, 0.5) is 0 Å². The summed E-state index contributed by atoms with van der Waals surface area (Å²) in [7, 11) is 0. The summed E-state index contributed by atoms with van der Waals surface area (Å²) in [4.78, 5) is 26.9. The van der Waals surface area contributed by atoms with Crippen LogP contribution in [0.1, 0.15) is 62.7 Å².